The molecule has 100 valence electrons. The number of nitrogens with one attached hydrogen (secondary N) is 1. The molecule has 0 bridgehead atoms. The summed E-state index contributed by atoms with van der Waals surface area (Å²) >= 11 is 3.47. The molecular formula is C14H10BrN3O2. The van der Waals surface area contributed by atoms with E-state index in [1.807, 2.05) is 25.1 Å². The van der Waals surface area contributed by atoms with E-state index in [2.05, 4.69) is 30.9 Å². The SMILES string of the molecule is Cc1ccc(-c2nc3nccc(C(=O)O)c3[nH]2)cc1Br. The molecule has 0 aliphatic rings. The van der Waals surface area contributed by atoms with Gasteiger partial charge in [0, 0.05) is 16.2 Å². The lowest BCUT2D eigenvalue weighted by atomic mass is 10.1. The van der Waals surface area contributed by atoms with E-state index in [4.69, 9.17) is 5.11 Å². The van der Waals surface area contributed by atoms with Gasteiger partial charge in [0.15, 0.2) is 5.65 Å². The summed E-state index contributed by atoms with van der Waals surface area (Å²) in [5, 5.41) is 9.16. The molecule has 6 heteroatoms. The molecule has 0 atom stereocenters. The van der Waals surface area contributed by atoms with Gasteiger partial charge in [0.2, 0.25) is 0 Å². The summed E-state index contributed by atoms with van der Waals surface area (Å²) in [7, 11) is 0. The van der Waals surface area contributed by atoms with E-state index in [1.165, 1.54) is 12.3 Å². The molecule has 0 saturated heterocycles. The number of aromatic nitrogens is 3. The maximum atomic E-state index is 11.2. The van der Waals surface area contributed by atoms with Gasteiger partial charge in [-0.1, -0.05) is 28.1 Å². The van der Waals surface area contributed by atoms with Crippen LogP contribution in [0.15, 0.2) is 34.9 Å². The highest BCUT2D eigenvalue weighted by atomic mass is 79.9. The average Bonchev–Trinajstić information content (AvgIpc) is 2.85. The number of benzene rings is 1. The van der Waals surface area contributed by atoms with Crippen molar-refractivity contribution in [3.63, 3.8) is 0 Å². The maximum absolute atomic E-state index is 11.2. The number of aromatic amines is 1. The second-order valence-corrected chi connectivity index (χ2v) is 5.27. The predicted molar refractivity (Wildman–Crippen MR) is 78.7 cm³/mol. The van der Waals surface area contributed by atoms with Gasteiger partial charge in [-0.15, -0.1) is 0 Å². The number of pyridine rings is 1. The van der Waals surface area contributed by atoms with E-state index in [0.717, 1.165) is 15.6 Å². The van der Waals surface area contributed by atoms with Crippen molar-refractivity contribution in [3.05, 3.63) is 46.1 Å². The third kappa shape index (κ3) is 2.08. The highest BCUT2D eigenvalue weighted by Crippen LogP contribution is 2.26. The van der Waals surface area contributed by atoms with Crippen LogP contribution < -0.4 is 0 Å². The van der Waals surface area contributed by atoms with Gasteiger partial charge >= 0.3 is 5.97 Å². The van der Waals surface area contributed by atoms with E-state index >= 15 is 0 Å². The molecule has 0 saturated carbocycles. The lowest BCUT2D eigenvalue weighted by Crippen LogP contribution is -1.97. The van der Waals surface area contributed by atoms with Gasteiger partial charge in [0.25, 0.3) is 0 Å². The Morgan fingerprint density at radius 1 is 1.35 bits per heavy atom. The van der Waals surface area contributed by atoms with Crippen molar-refractivity contribution >= 4 is 33.1 Å². The van der Waals surface area contributed by atoms with Crippen molar-refractivity contribution < 1.29 is 9.90 Å². The maximum Gasteiger partial charge on any atom is 0.338 e. The summed E-state index contributed by atoms with van der Waals surface area (Å²) < 4.78 is 0.974. The fourth-order valence-electron chi connectivity index (χ4n) is 1.97. The van der Waals surface area contributed by atoms with Gasteiger partial charge in [-0.05, 0) is 24.6 Å². The summed E-state index contributed by atoms with van der Waals surface area (Å²) in [4.78, 5) is 22.6. The third-order valence-electron chi connectivity index (χ3n) is 3.07. The van der Waals surface area contributed by atoms with E-state index in [9.17, 15) is 4.79 Å². The molecule has 0 unspecified atom stereocenters. The van der Waals surface area contributed by atoms with Crippen LogP contribution in [0.5, 0.6) is 0 Å². The Balaban J connectivity index is 2.20. The Hall–Kier alpha value is -2.21. The van der Waals surface area contributed by atoms with Crippen molar-refractivity contribution in [3.8, 4) is 11.4 Å². The number of nitrogens with zero attached hydrogens (tertiary/aromatic N) is 2. The van der Waals surface area contributed by atoms with Crippen LogP contribution >= 0.6 is 15.9 Å². The van der Waals surface area contributed by atoms with Crippen LogP contribution in [0.3, 0.4) is 0 Å². The average molecular weight is 332 g/mol. The van der Waals surface area contributed by atoms with Crippen LogP contribution in [0.4, 0.5) is 0 Å². The number of carboxylic acid groups (broad SMARTS) is 1. The Morgan fingerprint density at radius 3 is 2.85 bits per heavy atom. The minimum Gasteiger partial charge on any atom is -0.478 e. The second kappa shape index (κ2) is 4.72. The van der Waals surface area contributed by atoms with Crippen LogP contribution in [-0.2, 0) is 0 Å². The first-order chi connectivity index (χ1) is 9.56. The summed E-state index contributed by atoms with van der Waals surface area (Å²) in [6.07, 6.45) is 1.45. The van der Waals surface area contributed by atoms with Gasteiger partial charge in [-0.25, -0.2) is 14.8 Å². The number of hydrogen-bond donors (Lipinski definition) is 2. The number of carbonyl (C=O) groups is 1. The molecule has 0 radical (unpaired) electrons. The van der Waals surface area contributed by atoms with Crippen molar-refractivity contribution in [1.29, 1.82) is 0 Å². The zero-order valence-corrected chi connectivity index (χ0v) is 12.1. The van der Waals surface area contributed by atoms with Crippen molar-refractivity contribution in [1.82, 2.24) is 15.0 Å². The minimum atomic E-state index is -1.00. The van der Waals surface area contributed by atoms with E-state index < -0.39 is 5.97 Å². The van der Waals surface area contributed by atoms with Gasteiger partial charge in [-0.3, -0.25) is 0 Å². The molecule has 3 rings (SSSR count). The zero-order chi connectivity index (χ0) is 14.3. The van der Waals surface area contributed by atoms with Gasteiger partial charge < -0.3 is 10.1 Å². The number of aromatic carboxylic acids is 1. The van der Waals surface area contributed by atoms with Crippen LogP contribution in [0, 0.1) is 6.92 Å². The predicted octanol–water partition coefficient (Wildman–Crippen LogP) is 3.39. The molecule has 0 aliphatic carbocycles. The summed E-state index contributed by atoms with van der Waals surface area (Å²) in [6.45, 7) is 2.00. The molecule has 1 aromatic carbocycles. The topological polar surface area (TPSA) is 78.9 Å². The molecule has 0 aliphatic heterocycles. The highest BCUT2D eigenvalue weighted by molar-refractivity contribution is 9.10. The van der Waals surface area contributed by atoms with Gasteiger partial charge in [0.05, 0.1) is 11.1 Å². The molecule has 5 nitrogen and oxygen atoms in total. The number of H-pyrrole nitrogens is 1. The monoisotopic (exact) mass is 331 g/mol. The van der Waals surface area contributed by atoms with Crippen LogP contribution in [-0.4, -0.2) is 26.0 Å². The molecule has 3 aromatic rings. The minimum absolute atomic E-state index is 0.167. The quantitative estimate of drug-likeness (QED) is 0.754. The molecule has 2 aromatic heterocycles. The zero-order valence-electron chi connectivity index (χ0n) is 10.5. The van der Waals surface area contributed by atoms with Crippen molar-refractivity contribution in [2.45, 2.75) is 6.92 Å². The first-order valence-corrected chi connectivity index (χ1v) is 6.70. The standard InChI is InChI=1S/C14H10BrN3O2/c1-7-2-3-8(6-10(7)15)12-17-11-9(14(19)20)4-5-16-13(11)18-12/h2-6H,1H3,(H,19,20)(H,16,17,18). The third-order valence-corrected chi connectivity index (χ3v) is 3.92. The molecule has 2 N–H and O–H groups in total. The van der Waals surface area contributed by atoms with Crippen LogP contribution in [0.1, 0.15) is 15.9 Å². The fourth-order valence-corrected chi connectivity index (χ4v) is 2.34. The number of halogens is 1. The summed E-state index contributed by atoms with van der Waals surface area (Å²) in [6, 6.07) is 7.29. The summed E-state index contributed by atoms with van der Waals surface area (Å²) in [5.74, 6) is -0.403. The molecule has 2 heterocycles. The Morgan fingerprint density at radius 2 is 2.15 bits per heavy atom. The van der Waals surface area contributed by atoms with Crippen LogP contribution in [0.25, 0.3) is 22.6 Å². The van der Waals surface area contributed by atoms with Crippen molar-refractivity contribution in [2.24, 2.45) is 0 Å². The highest BCUT2D eigenvalue weighted by Gasteiger charge is 2.14. The molecule has 0 spiro atoms. The lowest BCUT2D eigenvalue weighted by Gasteiger charge is -2.00. The van der Waals surface area contributed by atoms with Gasteiger partial charge in [-0.2, -0.15) is 0 Å². The molecule has 20 heavy (non-hydrogen) atoms. The van der Waals surface area contributed by atoms with E-state index in [-0.39, 0.29) is 5.56 Å². The lowest BCUT2D eigenvalue weighted by molar-refractivity contribution is 0.0699. The number of fused-ring (bicyclic) bond motifs is 1. The summed E-state index contributed by atoms with van der Waals surface area (Å²) in [5.41, 5.74) is 2.99. The number of imidazole rings is 1. The Kier molecular flexibility index (Phi) is 3.02. The smallest absolute Gasteiger partial charge is 0.338 e. The molecule has 0 amide bonds. The Bertz CT molecular complexity index is 826. The number of aryl methyl sites for hydroxylation is 1. The Labute approximate surface area is 122 Å². The number of rotatable bonds is 2. The number of carboxylic acids is 1. The van der Waals surface area contributed by atoms with E-state index in [0.29, 0.717) is 17.0 Å². The van der Waals surface area contributed by atoms with Gasteiger partial charge in [0.1, 0.15) is 5.82 Å². The molecule has 0 fully saturated rings. The first-order valence-electron chi connectivity index (χ1n) is 5.91. The largest absolute Gasteiger partial charge is 0.478 e. The molecular weight excluding hydrogens is 322 g/mol. The fraction of sp³-hybridized carbons (Fsp3) is 0.0714. The number of hydrogen-bond acceptors (Lipinski definition) is 3. The van der Waals surface area contributed by atoms with E-state index in [1.54, 1.807) is 0 Å². The van der Waals surface area contributed by atoms with Crippen molar-refractivity contribution in [2.75, 3.05) is 0 Å². The first kappa shape index (κ1) is 12.8. The normalized spacial score (nSPS) is 10.9. The van der Waals surface area contributed by atoms with Crippen LogP contribution in [0.2, 0.25) is 0 Å². The second-order valence-electron chi connectivity index (χ2n) is 4.41.